The second kappa shape index (κ2) is 6.05. The number of rotatable bonds is 2. The van der Waals surface area contributed by atoms with E-state index in [0.717, 1.165) is 12.8 Å². The molecule has 0 saturated carbocycles. The molecule has 0 fully saturated rings. The summed E-state index contributed by atoms with van der Waals surface area (Å²) >= 11 is 0. The molecule has 94 valence electrons. The van der Waals surface area contributed by atoms with Crippen molar-refractivity contribution in [2.24, 2.45) is 0 Å². The molecule has 2 aromatic heterocycles. The van der Waals surface area contributed by atoms with Gasteiger partial charge in [0.25, 0.3) is 0 Å². The van der Waals surface area contributed by atoms with Crippen molar-refractivity contribution in [1.82, 2.24) is 9.97 Å². The van der Waals surface area contributed by atoms with Gasteiger partial charge in [0, 0.05) is 23.5 Å². The lowest BCUT2D eigenvalue weighted by Gasteiger charge is -1.90. The molecule has 2 heterocycles. The summed E-state index contributed by atoms with van der Waals surface area (Å²) < 4.78 is 0. The highest BCUT2D eigenvalue weighted by Crippen LogP contribution is 2.17. The summed E-state index contributed by atoms with van der Waals surface area (Å²) in [6.07, 6.45) is 8.04. The molecule has 3 heteroatoms. The third kappa shape index (κ3) is 2.80. The maximum Gasteiger partial charge on any atom is 0.239 e. The van der Waals surface area contributed by atoms with Gasteiger partial charge in [-0.2, -0.15) is 0 Å². The summed E-state index contributed by atoms with van der Waals surface area (Å²) in [5.74, 6) is 0. The minimum absolute atomic E-state index is 1.07. The SMILES string of the molecule is CCc1c[nH+]c[nH]1.CCc1c[nH]c2ccccc12. The number of para-hydroxylation sites is 1. The average molecular weight is 242 g/mol. The summed E-state index contributed by atoms with van der Waals surface area (Å²) in [4.78, 5) is 9.20. The summed E-state index contributed by atoms with van der Waals surface area (Å²) in [6.45, 7) is 4.29. The molecule has 1 aromatic carbocycles. The molecule has 0 atom stereocenters. The predicted molar refractivity (Wildman–Crippen MR) is 74.4 cm³/mol. The van der Waals surface area contributed by atoms with Crippen molar-refractivity contribution in [2.75, 3.05) is 0 Å². The van der Waals surface area contributed by atoms with E-state index >= 15 is 0 Å². The summed E-state index contributed by atoms with van der Waals surface area (Å²) in [7, 11) is 0. The Balaban J connectivity index is 0.000000149. The Labute approximate surface area is 107 Å². The third-order valence-corrected chi connectivity index (χ3v) is 3.04. The summed E-state index contributed by atoms with van der Waals surface area (Å²) in [5, 5.41) is 1.36. The van der Waals surface area contributed by atoms with Gasteiger partial charge in [0.15, 0.2) is 0 Å². The van der Waals surface area contributed by atoms with Crippen LogP contribution in [0.2, 0.25) is 0 Å². The van der Waals surface area contributed by atoms with Gasteiger partial charge in [-0.25, -0.2) is 4.98 Å². The zero-order valence-corrected chi connectivity index (χ0v) is 11.0. The van der Waals surface area contributed by atoms with Crippen LogP contribution in [-0.2, 0) is 12.8 Å². The van der Waals surface area contributed by atoms with E-state index in [1.54, 1.807) is 0 Å². The molecule has 0 radical (unpaired) electrons. The first-order valence-electron chi connectivity index (χ1n) is 6.43. The van der Waals surface area contributed by atoms with Gasteiger partial charge in [-0.15, -0.1) is 0 Å². The monoisotopic (exact) mass is 242 g/mol. The van der Waals surface area contributed by atoms with Gasteiger partial charge in [-0.05, 0) is 18.1 Å². The standard InChI is InChI=1S/C10H11N.C5H8N2/c1-2-8-7-11-10-6-4-3-5-9(8)10;1-2-5-3-6-4-7-5/h3-7,11H,2H2,1H3;3-4H,2H2,1H3,(H,6,7)/p+1. The van der Waals surface area contributed by atoms with E-state index in [1.807, 2.05) is 12.5 Å². The van der Waals surface area contributed by atoms with E-state index in [0.29, 0.717) is 0 Å². The fraction of sp³-hybridized carbons (Fsp3) is 0.267. The zero-order valence-electron chi connectivity index (χ0n) is 11.0. The van der Waals surface area contributed by atoms with Crippen LogP contribution in [0.5, 0.6) is 0 Å². The zero-order chi connectivity index (χ0) is 12.8. The lowest BCUT2D eigenvalue weighted by atomic mass is 10.1. The lowest BCUT2D eigenvalue weighted by molar-refractivity contribution is -0.376. The molecule has 0 amide bonds. The fourth-order valence-electron chi connectivity index (χ4n) is 1.95. The van der Waals surface area contributed by atoms with E-state index in [1.165, 1.54) is 22.2 Å². The Bertz CT molecular complexity index is 579. The van der Waals surface area contributed by atoms with Crippen molar-refractivity contribution in [3.8, 4) is 0 Å². The van der Waals surface area contributed by atoms with Crippen LogP contribution in [-0.4, -0.2) is 9.97 Å². The van der Waals surface area contributed by atoms with Gasteiger partial charge in [-0.1, -0.05) is 32.0 Å². The smallest absolute Gasteiger partial charge is 0.239 e. The van der Waals surface area contributed by atoms with Crippen molar-refractivity contribution < 1.29 is 4.98 Å². The van der Waals surface area contributed by atoms with Gasteiger partial charge in [0.1, 0.15) is 11.9 Å². The van der Waals surface area contributed by atoms with Crippen LogP contribution in [0.15, 0.2) is 43.0 Å². The van der Waals surface area contributed by atoms with Crippen LogP contribution in [0.4, 0.5) is 0 Å². The lowest BCUT2D eigenvalue weighted by Crippen LogP contribution is -1.89. The summed E-state index contributed by atoms with van der Waals surface area (Å²) in [6, 6.07) is 8.40. The Kier molecular flexibility index (Phi) is 4.18. The third-order valence-electron chi connectivity index (χ3n) is 3.04. The normalized spacial score (nSPS) is 10.1. The molecule has 0 unspecified atom stereocenters. The van der Waals surface area contributed by atoms with Crippen molar-refractivity contribution in [3.63, 3.8) is 0 Å². The van der Waals surface area contributed by atoms with Crippen LogP contribution < -0.4 is 4.98 Å². The van der Waals surface area contributed by atoms with E-state index in [9.17, 15) is 0 Å². The number of benzene rings is 1. The number of imidazole rings is 1. The van der Waals surface area contributed by atoms with E-state index in [2.05, 4.69) is 59.3 Å². The number of aryl methyl sites for hydroxylation is 2. The van der Waals surface area contributed by atoms with Crippen molar-refractivity contribution in [1.29, 1.82) is 0 Å². The van der Waals surface area contributed by atoms with Gasteiger partial charge < -0.3 is 4.98 Å². The van der Waals surface area contributed by atoms with Gasteiger partial charge in [-0.3, -0.25) is 4.98 Å². The first-order chi connectivity index (χ1) is 8.85. The molecular formula is C15H20N3+. The Morgan fingerprint density at radius 3 is 2.50 bits per heavy atom. The van der Waals surface area contributed by atoms with Crippen molar-refractivity contribution >= 4 is 10.9 Å². The second-order valence-corrected chi connectivity index (χ2v) is 4.19. The van der Waals surface area contributed by atoms with Gasteiger partial charge in [0.2, 0.25) is 6.33 Å². The Morgan fingerprint density at radius 2 is 1.89 bits per heavy atom. The summed E-state index contributed by atoms with van der Waals surface area (Å²) in [5.41, 5.74) is 3.89. The number of aromatic nitrogens is 3. The molecule has 3 aromatic rings. The number of hydrogen-bond donors (Lipinski definition) is 2. The number of aromatic amines is 3. The van der Waals surface area contributed by atoms with Crippen molar-refractivity contribution in [3.05, 3.63) is 54.2 Å². The number of nitrogens with one attached hydrogen (secondary N) is 3. The van der Waals surface area contributed by atoms with Crippen LogP contribution in [0, 0.1) is 0 Å². The molecule has 0 saturated heterocycles. The molecule has 0 bridgehead atoms. The largest absolute Gasteiger partial charge is 0.361 e. The molecular weight excluding hydrogens is 222 g/mol. The molecule has 0 aliphatic rings. The maximum absolute atomic E-state index is 3.24. The molecule has 0 aliphatic carbocycles. The van der Waals surface area contributed by atoms with Gasteiger partial charge in [0.05, 0.1) is 0 Å². The highest BCUT2D eigenvalue weighted by molar-refractivity contribution is 5.82. The highest BCUT2D eigenvalue weighted by atomic mass is 14.8. The van der Waals surface area contributed by atoms with Crippen LogP contribution in [0.1, 0.15) is 25.1 Å². The number of hydrogen-bond acceptors (Lipinski definition) is 0. The minimum Gasteiger partial charge on any atom is -0.361 e. The van der Waals surface area contributed by atoms with Crippen molar-refractivity contribution in [2.45, 2.75) is 26.7 Å². The molecule has 3 nitrogen and oxygen atoms in total. The molecule has 18 heavy (non-hydrogen) atoms. The Morgan fingerprint density at radius 1 is 1.06 bits per heavy atom. The topological polar surface area (TPSA) is 45.7 Å². The molecule has 0 aliphatic heterocycles. The minimum atomic E-state index is 1.07. The first-order valence-corrected chi connectivity index (χ1v) is 6.43. The van der Waals surface area contributed by atoms with E-state index in [4.69, 9.17) is 0 Å². The average Bonchev–Trinajstić information content (AvgIpc) is 3.08. The van der Waals surface area contributed by atoms with Gasteiger partial charge >= 0.3 is 0 Å². The number of H-pyrrole nitrogens is 3. The maximum atomic E-state index is 3.24. The quantitative estimate of drug-likeness (QED) is 0.693. The highest BCUT2D eigenvalue weighted by Gasteiger charge is 1.98. The van der Waals surface area contributed by atoms with Crippen LogP contribution in [0.25, 0.3) is 10.9 Å². The first kappa shape index (κ1) is 12.4. The second-order valence-electron chi connectivity index (χ2n) is 4.19. The number of fused-ring (bicyclic) bond motifs is 1. The molecule has 3 N–H and O–H groups in total. The Hall–Kier alpha value is -2.03. The fourth-order valence-corrected chi connectivity index (χ4v) is 1.95. The van der Waals surface area contributed by atoms with Crippen LogP contribution >= 0.6 is 0 Å². The molecule has 3 rings (SSSR count). The molecule has 0 spiro atoms. The predicted octanol–water partition coefficient (Wildman–Crippen LogP) is 3.12. The van der Waals surface area contributed by atoms with E-state index < -0.39 is 0 Å². The van der Waals surface area contributed by atoms with Crippen LogP contribution in [0.3, 0.4) is 0 Å². The van der Waals surface area contributed by atoms with E-state index in [-0.39, 0.29) is 0 Å².